The molecule has 1 aromatic rings. The molecule has 1 aliphatic carbocycles. The highest BCUT2D eigenvalue weighted by Gasteiger charge is 2.32. The molecule has 5 heteroatoms. The van der Waals surface area contributed by atoms with E-state index in [2.05, 4.69) is 17.2 Å². The third-order valence-corrected chi connectivity index (χ3v) is 3.99. The van der Waals surface area contributed by atoms with Crippen molar-refractivity contribution < 1.29 is 9.53 Å². The molecule has 2 rings (SSSR count). The fourth-order valence-corrected chi connectivity index (χ4v) is 2.57. The average Bonchev–Trinajstić information content (AvgIpc) is 2.85. The summed E-state index contributed by atoms with van der Waals surface area (Å²) < 4.78 is 4.95. The van der Waals surface area contributed by atoms with Gasteiger partial charge in [0.2, 0.25) is 0 Å². The average molecular weight is 254 g/mol. The van der Waals surface area contributed by atoms with E-state index in [1.165, 1.54) is 17.8 Å². The number of nitrogens with zero attached hydrogens (tertiary/aromatic N) is 1. The van der Waals surface area contributed by atoms with Crippen molar-refractivity contribution in [1.82, 2.24) is 4.98 Å². The quantitative estimate of drug-likeness (QED) is 0.821. The van der Waals surface area contributed by atoms with Gasteiger partial charge in [-0.1, -0.05) is 6.92 Å². The predicted octanol–water partition coefficient (Wildman–Crippen LogP) is 2.70. The van der Waals surface area contributed by atoms with E-state index in [1.807, 2.05) is 6.92 Å². The SMILES string of the molecule is CCOC(=O)c1nc(NCC2CC2C)sc1C. The molecule has 4 nitrogen and oxygen atoms in total. The van der Waals surface area contributed by atoms with Crippen molar-refractivity contribution in [3.63, 3.8) is 0 Å². The van der Waals surface area contributed by atoms with Crippen LogP contribution < -0.4 is 5.32 Å². The minimum Gasteiger partial charge on any atom is -0.461 e. The predicted molar refractivity (Wildman–Crippen MR) is 68.6 cm³/mol. The second-order valence-electron chi connectivity index (χ2n) is 4.50. The molecule has 0 saturated heterocycles. The number of thiazole rings is 1. The van der Waals surface area contributed by atoms with Gasteiger partial charge in [-0.25, -0.2) is 9.78 Å². The highest BCUT2D eigenvalue weighted by Crippen LogP contribution is 2.37. The van der Waals surface area contributed by atoms with E-state index in [0.717, 1.165) is 28.4 Å². The molecule has 1 aliphatic rings. The fraction of sp³-hybridized carbons (Fsp3) is 0.667. The molecule has 1 fully saturated rings. The van der Waals surface area contributed by atoms with Crippen molar-refractivity contribution >= 4 is 22.4 Å². The molecule has 0 spiro atoms. The number of hydrogen-bond acceptors (Lipinski definition) is 5. The molecule has 2 atom stereocenters. The van der Waals surface area contributed by atoms with Gasteiger partial charge in [-0.05, 0) is 32.1 Å². The monoisotopic (exact) mass is 254 g/mol. The van der Waals surface area contributed by atoms with E-state index in [4.69, 9.17) is 4.74 Å². The molecule has 0 radical (unpaired) electrons. The van der Waals surface area contributed by atoms with Gasteiger partial charge >= 0.3 is 5.97 Å². The molecule has 0 aliphatic heterocycles. The Labute approximate surface area is 105 Å². The van der Waals surface area contributed by atoms with Gasteiger partial charge in [0.15, 0.2) is 10.8 Å². The molecule has 94 valence electrons. The van der Waals surface area contributed by atoms with Crippen molar-refractivity contribution in [2.75, 3.05) is 18.5 Å². The Morgan fingerprint density at radius 3 is 2.94 bits per heavy atom. The number of aryl methyl sites for hydroxylation is 1. The third-order valence-electron chi connectivity index (χ3n) is 3.06. The zero-order valence-corrected chi connectivity index (χ0v) is 11.3. The number of rotatable bonds is 5. The summed E-state index contributed by atoms with van der Waals surface area (Å²) in [5, 5.41) is 4.12. The first-order valence-corrected chi connectivity index (χ1v) is 6.81. The summed E-state index contributed by atoms with van der Waals surface area (Å²) in [7, 11) is 0. The first-order valence-electron chi connectivity index (χ1n) is 6.00. The Kier molecular flexibility index (Phi) is 3.66. The molecule has 0 bridgehead atoms. The van der Waals surface area contributed by atoms with Gasteiger partial charge in [-0.15, -0.1) is 11.3 Å². The van der Waals surface area contributed by atoms with Crippen LogP contribution >= 0.6 is 11.3 Å². The van der Waals surface area contributed by atoms with Crippen LogP contribution in [0.5, 0.6) is 0 Å². The van der Waals surface area contributed by atoms with Crippen LogP contribution in [0.2, 0.25) is 0 Å². The van der Waals surface area contributed by atoms with Crippen molar-refractivity contribution in [2.24, 2.45) is 11.8 Å². The molecular formula is C12H18N2O2S. The smallest absolute Gasteiger partial charge is 0.358 e. The largest absolute Gasteiger partial charge is 0.461 e. The first kappa shape index (κ1) is 12.4. The Morgan fingerprint density at radius 1 is 1.65 bits per heavy atom. The van der Waals surface area contributed by atoms with Crippen LogP contribution in [0.15, 0.2) is 0 Å². The summed E-state index contributed by atoms with van der Waals surface area (Å²) in [6.07, 6.45) is 1.29. The minimum atomic E-state index is -0.325. The number of nitrogens with one attached hydrogen (secondary N) is 1. The number of anilines is 1. The van der Waals surface area contributed by atoms with E-state index in [0.29, 0.717) is 12.3 Å². The lowest BCUT2D eigenvalue weighted by Crippen LogP contribution is -2.08. The summed E-state index contributed by atoms with van der Waals surface area (Å²) in [4.78, 5) is 16.8. The maximum absolute atomic E-state index is 11.6. The second-order valence-corrected chi connectivity index (χ2v) is 5.70. The van der Waals surface area contributed by atoms with E-state index < -0.39 is 0 Å². The third kappa shape index (κ3) is 2.97. The molecule has 1 aromatic heterocycles. The van der Waals surface area contributed by atoms with Crippen molar-refractivity contribution in [2.45, 2.75) is 27.2 Å². The first-order chi connectivity index (χ1) is 8.11. The molecule has 0 aromatic carbocycles. The number of carbonyl (C=O) groups excluding carboxylic acids is 1. The van der Waals surface area contributed by atoms with Gasteiger partial charge in [0, 0.05) is 11.4 Å². The summed E-state index contributed by atoms with van der Waals surface area (Å²) in [5.41, 5.74) is 0.447. The van der Waals surface area contributed by atoms with E-state index in [9.17, 15) is 4.79 Å². The number of carbonyl (C=O) groups is 1. The lowest BCUT2D eigenvalue weighted by Gasteiger charge is -2.00. The molecule has 1 saturated carbocycles. The van der Waals surface area contributed by atoms with Crippen molar-refractivity contribution in [1.29, 1.82) is 0 Å². The molecule has 2 unspecified atom stereocenters. The van der Waals surface area contributed by atoms with Gasteiger partial charge < -0.3 is 10.1 Å². The van der Waals surface area contributed by atoms with Gasteiger partial charge in [-0.3, -0.25) is 0 Å². The highest BCUT2D eigenvalue weighted by atomic mass is 32.1. The summed E-state index contributed by atoms with van der Waals surface area (Å²) in [5.74, 6) is 1.27. The number of hydrogen-bond donors (Lipinski definition) is 1. The zero-order chi connectivity index (χ0) is 12.4. The van der Waals surface area contributed by atoms with Crippen LogP contribution in [0.1, 0.15) is 35.6 Å². The van der Waals surface area contributed by atoms with Gasteiger partial charge in [0.05, 0.1) is 6.61 Å². The van der Waals surface area contributed by atoms with Gasteiger partial charge in [0.25, 0.3) is 0 Å². The van der Waals surface area contributed by atoms with Crippen LogP contribution in [-0.4, -0.2) is 24.1 Å². The number of aromatic nitrogens is 1. The van der Waals surface area contributed by atoms with Crippen molar-refractivity contribution in [3.05, 3.63) is 10.6 Å². The standard InChI is InChI=1S/C12H18N2O2S/c1-4-16-11(15)10-8(3)17-12(14-10)13-6-9-5-7(9)2/h7,9H,4-6H2,1-3H3,(H,13,14). The van der Waals surface area contributed by atoms with E-state index in [1.54, 1.807) is 6.92 Å². The Balaban J connectivity index is 1.95. The maximum Gasteiger partial charge on any atom is 0.358 e. The van der Waals surface area contributed by atoms with Gasteiger partial charge in [-0.2, -0.15) is 0 Å². The minimum absolute atomic E-state index is 0.325. The molecule has 17 heavy (non-hydrogen) atoms. The van der Waals surface area contributed by atoms with Crippen LogP contribution in [-0.2, 0) is 4.74 Å². The topological polar surface area (TPSA) is 51.2 Å². The normalized spacial score (nSPS) is 22.3. The van der Waals surface area contributed by atoms with Gasteiger partial charge in [0.1, 0.15) is 0 Å². The van der Waals surface area contributed by atoms with Crippen LogP contribution in [0.3, 0.4) is 0 Å². The Hall–Kier alpha value is -1.10. The van der Waals surface area contributed by atoms with Crippen LogP contribution in [0, 0.1) is 18.8 Å². The summed E-state index contributed by atoms with van der Waals surface area (Å²) >= 11 is 1.52. The molecular weight excluding hydrogens is 236 g/mol. The number of esters is 1. The highest BCUT2D eigenvalue weighted by molar-refractivity contribution is 7.15. The van der Waals surface area contributed by atoms with Crippen molar-refractivity contribution in [3.8, 4) is 0 Å². The molecule has 0 amide bonds. The lowest BCUT2D eigenvalue weighted by atomic mass is 10.3. The van der Waals surface area contributed by atoms with Crippen LogP contribution in [0.25, 0.3) is 0 Å². The molecule has 1 heterocycles. The second kappa shape index (κ2) is 5.04. The lowest BCUT2D eigenvalue weighted by molar-refractivity contribution is 0.0519. The summed E-state index contributed by atoms with van der Waals surface area (Å²) in [6.45, 7) is 7.29. The van der Waals surface area contributed by atoms with Crippen LogP contribution in [0.4, 0.5) is 5.13 Å². The Morgan fingerprint density at radius 2 is 2.35 bits per heavy atom. The fourth-order valence-electron chi connectivity index (χ4n) is 1.76. The zero-order valence-electron chi connectivity index (χ0n) is 10.4. The summed E-state index contributed by atoms with van der Waals surface area (Å²) in [6, 6.07) is 0. The Bertz CT molecular complexity index is 417. The van der Waals surface area contributed by atoms with E-state index in [-0.39, 0.29) is 5.97 Å². The molecule has 1 N–H and O–H groups in total. The van der Waals surface area contributed by atoms with E-state index >= 15 is 0 Å². The maximum atomic E-state index is 11.6. The number of ether oxygens (including phenoxy) is 1.